The number of aryl methyl sites for hydroxylation is 1. The number of rotatable bonds is 6. The molecule has 1 saturated heterocycles. The molecule has 1 aliphatic heterocycles. The van der Waals surface area contributed by atoms with E-state index in [0.29, 0.717) is 17.9 Å². The number of guanidine groups is 1. The largest absolute Gasteiger partial charge is 0.356 e. The topological polar surface area (TPSA) is 48.7 Å². The number of benzene rings is 1. The van der Waals surface area contributed by atoms with Crippen LogP contribution in [0.15, 0.2) is 35.5 Å². The molecule has 1 aromatic heterocycles. The number of aliphatic imine (C=N–C) groups is 1. The van der Waals surface area contributed by atoms with Gasteiger partial charge in [0.2, 0.25) is 0 Å². The van der Waals surface area contributed by atoms with Crippen LogP contribution >= 0.6 is 35.6 Å². The first-order chi connectivity index (χ1) is 14.8. The maximum atomic E-state index is 6.30. The van der Waals surface area contributed by atoms with Gasteiger partial charge in [0.15, 0.2) is 5.96 Å². The van der Waals surface area contributed by atoms with Crippen molar-refractivity contribution in [1.29, 1.82) is 0 Å². The Balaban J connectivity index is 0.00000363. The maximum Gasteiger partial charge on any atom is 0.193 e. The molecule has 2 aromatic rings. The van der Waals surface area contributed by atoms with E-state index in [9.17, 15) is 0 Å². The van der Waals surface area contributed by atoms with Crippen LogP contribution in [0, 0.1) is 5.92 Å². The monoisotopic (exact) mass is 572 g/mol. The van der Waals surface area contributed by atoms with E-state index < -0.39 is 0 Å². The van der Waals surface area contributed by atoms with Crippen LogP contribution in [0.2, 0.25) is 5.02 Å². The highest BCUT2D eigenvalue weighted by Gasteiger charge is 2.31. The zero-order chi connectivity index (χ0) is 22.5. The van der Waals surface area contributed by atoms with Crippen LogP contribution in [0.5, 0.6) is 0 Å². The van der Waals surface area contributed by atoms with Crippen molar-refractivity contribution in [2.75, 3.05) is 34.2 Å². The molecule has 0 bridgehead atoms. The van der Waals surface area contributed by atoms with Gasteiger partial charge in [0.25, 0.3) is 0 Å². The molecular weight excluding hydrogens is 535 g/mol. The lowest BCUT2D eigenvalue weighted by molar-refractivity contribution is 0.122. The molecule has 0 amide bonds. The molecule has 8 heteroatoms. The van der Waals surface area contributed by atoms with Gasteiger partial charge < -0.3 is 10.2 Å². The number of likely N-dealkylation sites (tertiary alicyclic amines) is 1. The van der Waals surface area contributed by atoms with E-state index >= 15 is 0 Å². The zero-order valence-electron chi connectivity index (χ0n) is 20.2. The van der Waals surface area contributed by atoms with E-state index in [1.54, 1.807) is 0 Å². The highest BCUT2D eigenvalue weighted by Crippen LogP contribution is 2.35. The minimum Gasteiger partial charge on any atom is -0.356 e. The zero-order valence-corrected chi connectivity index (χ0v) is 23.3. The van der Waals surface area contributed by atoms with Crippen molar-refractivity contribution in [3.05, 3.63) is 52.3 Å². The highest BCUT2D eigenvalue weighted by molar-refractivity contribution is 14.0. The lowest BCUT2D eigenvalue weighted by Gasteiger charge is -2.40. The predicted octanol–water partition coefficient (Wildman–Crippen LogP) is 4.91. The number of hydrogen-bond acceptors (Lipinski definition) is 3. The Morgan fingerprint density at radius 1 is 1.34 bits per heavy atom. The number of nitrogens with one attached hydrogen (secondary N) is 1. The fraction of sp³-hybridized carbons (Fsp3) is 0.583. The van der Waals surface area contributed by atoms with Crippen molar-refractivity contribution in [2.45, 2.75) is 45.2 Å². The minimum atomic E-state index is 0. The number of hydrogen-bond donors (Lipinski definition) is 1. The van der Waals surface area contributed by atoms with Gasteiger partial charge >= 0.3 is 0 Å². The SMILES string of the molecule is CN=C(NCC1CCCN(C)C1c1cccc(Cl)c1)N(C)Cc1cn(C)nc1C(C)C.I. The number of piperidine rings is 1. The van der Waals surface area contributed by atoms with Gasteiger partial charge in [-0.15, -0.1) is 24.0 Å². The summed E-state index contributed by atoms with van der Waals surface area (Å²) in [7, 11) is 8.15. The van der Waals surface area contributed by atoms with Gasteiger partial charge in [-0.1, -0.05) is 37.6 Å². The van der Waals surface area contributed by atoms with Crippen LogP contribution in [0.4, 0.5) is 0 Å². The molecule has 3 rings (SSSR count). The van der Waals surface area contributed by atoms with Gasteiger partial charge in [0.05, 0.1) is 5.69 Å². The van der Waals surface area contributed by atoms with Crippen molar-refractivity contribution < 1.29 is 0 Å². The van der Waals surface area contributed by atoms with Gasteiger partial charge in [0.1, 0.15) is 0 Å². The summed E-state index contributed by atoms with van der Waals surface area (Å²) in [5.74, 6) is 1.81. The molecule has 1 N–H and O–H groups in total. The lowest BCUT2D eigenvalue weighted by atomic mass is 9.85. The normalized spacial score (nSPS) is 19.7. The third kappa shape index (κ3) is 6.60. The molecule has 1 aliphatic rings. The smallest absolute Gasteiger partial charge is 0.193 e. The summed E-state index contributed by atoms with van der Waals surface area (Å²) in [5.41, 5.74) is 3.69. The second-order valence-corrected chi connectivity index (χ2v) is 9.47. The van der Waals surface area contributed by atoms with Crippen LogP contribution in [-0.2, 0) is 13.6 Å². The molecule has 0 spiro atoms. The van der Waals surface area contributed by atoms with Crippen molar-refractivity contribution in [3.8, 4) is 0 Å². The molecule has 32 heavy (non-hydrogen) atoms. The Morgan fingerprint density at radius 2 is 2.09 bits per heavy atom. The molecule has 1 aromatic carbocycles. The van der Waals surface area contributed by atoms with Gasteiger partial charge in [-0.05, 0) is 56.0 Å². The van der Waals surface area contributed by atoms with Crippen molar-refractivity contribution in [1.82, 2.24) is 24.9 Å². The molecule has 0 saturated carbocycles. The van der Waals surface area contributed by atoms with Gasteiger partial charge in [-0.2, -0.15) is 5.10 Å². The Labute approximate surface area is 215 Å². The molecule has 2 atom stereocenters. The fourth-order valence-corrected chi connectivity index (χ4v) is 4.99. The first-order valence-electron chi connectivity index (χ1n) is 11.2. The third-order valence-electron chi connectivity index (χ3n) is 6.18. The second kappa shape index (κ2) is 12.2. The van der Waals surface area contributed by atoms with Crippen LogP contribution in [-0.4, -0.2) is 59.8 Å². The van der Waals surface area contributed by atoms with Crippen LogP contribution < -0.4 is 5.32 Å². The highest BCUT2D eigenvalue weighted by atomic mass is 127. The van der Waals surface area contributed by atoms with Gasteiger partial charge in [-0.3, -0.25) is 14.6 Å². The Hall–Kier alpha value is -1.32. The summed E-state index contributed by atoms with van der Waals surface area (Å²) >= 11 is 6.30. The summed E-state index contributed by atoms with van der Waals surface area (Å²) in [6, 6.07) is 8.66. The van der Waals surface area contributed by atoms with E-state index in [1.165, 1.54) is 24.0 Å². The molecular formula is C24H38ClIN6. The quantitative estimate of drug-likeness (QED) is 0.304. The van der Waals surface area contributed by atoms with Crippen molar-refractivity contribution in [2.24, 2.45) is 18.0 Å². The van der Waals surface area contributed by atoms with E-state index in [4.69, 9.17) is 11.6 Å². The van der Waals surface area contributed by atoms with E-state index in [2.05, 4.69) is 77.5 Å². The Morgan fingerprint density at radius 3 is 2.75 bits per heavy atom. The first-order valence-corrected chi connectivity index (χ1v) is 11.6. The van der Waals surface area contributed by atoms with Gasteiger partial charge in [0, 0.05) is 57.1 Å². The number of nitrogens with zero attached hydrogens (tertiary/aromatic N) is 5. The Kier molecular flexibility index (Phi) is 10.3. The third-order valence-corrected chi connectivity index (χ3v) is 6.42. The van der Waals surface area contributed by atoms with E-state index in [0.717, 1.165) is 36.3 Å². The van der Waals surface area contributed by atoms with Crippen molar-refractivity contribution >= 4 is 41.5 Å². The van der Waals surface area contributed by atoms with Crippen LogP contribution in [0.1, 0.15) is 55.5 Å². The summed E-state index contributed by atoms with van der Waals surface area (Å²) in [5, 5.41) is 9.08. The molecule has 2 unspecified atom stereocenters. The molecule has 6 nitrogen and oxygen atoms in total. The standard InChI is InChI=1S/C24H37ClN6.HI/c1-17(2)22-20(16-31(6)28-22)15-30(5)24(26-3)27-14-19-10-8-12-29(4)23(19)18-9-7-11-21(25)13-18;/h7,9,11,13,16-17,19,23H,8,10,12,14-15H2,1-6H3,(H,26,27);1H. The average molecular weight is 573 g/mol. The second-order valence-electron chi connectivity index (χ2n) is 9.03. The lowest BCUT2D eigenvalue weighted by Crippen LogP contribution is -2.45. The van der Waals surface area contributed by atoms with E-state index in [-0.39, 0.29) is 24.0 Å². The molecule has 0 aliphatic carbocycles. The summed E-state index contributed by atoms with van der Waals surface area (Å²) in [4.78, 5) is 9.19. The number of aromatic nitrogens is 2. The maximum absolute atomic E-state index is 6.30. The summed E-state index contributed by atoms with van der Waals surface area (Å²) in [6.07, 6.45) is 4.52. The molecule has 0 radical (unpaired) electrons. The number of halogens is 2. The minimum absolute atomic E-state index is 0. The average Bonchev–Trinajstić information content (AvgIpc) is 3.09. The molecule has 1 fully saturated rings. The molecule has 2 heterocycles. The van der Waals surface area contributed by atoms with Crippen molar-refractivity contribution in [3.63, 3.8) is 0 Å². The predicted molar refractivity (Wildman–Crippen MR) is 145 cm³/mol. The summed E-state index contributed by atoms with van der Waals surface area (Å²) in [6.45, 7) is 7.15. The van der Waals surface area contributed by atoms with E-state index in [1.807, 2.05) is 24.8 Å². The Bertz CT molecular complexity index is 896. The molecule has 178 valence electrons. The first kappa shape index (κ1) is 26.9. The van der Waals surface area contributed by atoms with Crippen LogP contribution in [0.3, 0.4) is 0 Å². The van der Waals surface area contributed by atoms with Crippen LogP contribution in [0.25, 0.3) is 0 Å². The summed E-state index contributed by atoms with van der Waals surface area (Å²) < 4.78 is 1.90. The fourth-order valence-electron chi connectivity index (χ4n) is 4.79. The van der Waals surface area contributed by atoms with Gasteiger partial charge in [-0.25, -0.2) is 0 Å².